The highest BCUT2D eigenvalue weighted by Crippen LogP contribution is 2.30. The molecule has 2 aromatic rings. The molecule has 0 amide bonds. The SMILES string of the molecule is OC(c1cn[nH]c1-c1ccccc1)C1CCCN1. The molecule has 3 rings (SSSR count). The first-order valence-corrected chi connectivity index (χ1v) is 6.36. The summed E-state index contributed by atoms with van der Waals surface area (Å²) in [7, 11) is 0. The summed E-state index contributed by atoms with van der Waals surface area (Å²) < 4.78 is 0. The molecule has 18 heavy (non-hydrogen) atoms. The molecule has 4 nitrogen and oxygen atoms in total. The summed E-state index contributed by atoms with van der Waals surface area (Å²) in [5.41, 5.74) is 2.85. The Morgan fingerprint density at radius 1 is 1.28 bits per heavy atom. The van der Waals surface area contributed by atoms with Crippen LogP contribution in [0.15, 0.2) is 36.5 Å². The molecule has 0 bridgehead atoms. The highest BCUT2D eigenvalue weighted by molar-refractivity contribution is 5.63. The number of aliphatic hydroxyl groups excluding tert-OH is 1. The Bertz CT molecular complexity index is 503. The summed E-state index contributed by atoms with van der Waals surface area (Å²) in [6.07, 6.45) is 3.37. The van der Waals surface area contributed by atoms with E-state index in [0.717, 1.165) is 36.2 Å². The van der Waals surface area contributed by atoms with Crippen molar-refractivity contribution in [2.24, 2.45) is 0 Å². The molecule has 0 aliphatic carbocycles. The third-order valence-corrected chi connectivity index (χ3v) is 3.53. The predicted octanol–water partition coefficient (Wildman–Crippen LogP) is 1.86. The second kappa shape index (κ2) is 4.92. The summed E-state index contributed by atoms with van der Waals surface area (Å²) in [4.78, 5) is 0. The van der Waals surface area contributed by atoms with E-state index in [-0.39, 0.29) is 6.04 Å². The lowest BCUT2D eigenvalue weighted by Gasteiger charge is -2.18. The minimum Gasteiger partial charge on any atom is -0.387 e. The minimum atomic E-state index is -0.499. The number of H-pyrrole nitrogens is 1. The van der Waals surface area contributed by atoms with Crippen LogP contribution in [0.4, 0.5) is 0 Å². The molecule has 0 saturated carbocycles. The molecule has 3 N–H and O–H groups in total. The maximum atomic E-state index is 10.4. The molecule has 1 saturated heterocycles. The van der Waals surface area contributed by atoms with Gasteiger partial charge in [-0.2, -0.15) is 5.10 Å². The van der Waals surface area contributed by atoms with Crippen molar-refractivity contribution in [1.82, 2.24) is 15.5 Å². The number of aromatic amines is 1. The molecule has 1 aliphatic heterocycles. The van der Waals surface area contributed by atoms with Crippen molar-refractivity contribution >= 4 is 0 Å². The molecule has 1 fully saturated rings. The zero-order valence-electron chi connectivity index (χ0n) is 10.1. The Kier molecular flexibility index (Phi) is 3.13. The van der Waals surface area contributed by atoms with Gasteiger partial charge in [0.2, 0.25) is 0 Å². The number of benzene rings is 1. The third kappa shape index (κ3) is 2.05. The van der Waals surface area contributed by atoms with E-state index in [9.17, 15) is 5.11 Å². The van der Waals surface area contributed by atoms with Gasteiger partial charge in [-0.25, -0.2) is 0 Å². The second-order valence-electron chi connectivity index (χ2n) is 4.71. The van der Waals surface area contributed by atoms with Gasteiger partial charge in [0, 0.05) is 11.6 Å². The maximum absolute atomic E-state index is 10.4. The molecule has 2 heterocycles. The van der Waals surface area contributed by atoms with Gasteiger partial charge in [0.25, 0.3) is 0 Å². The van der Waals surface area contributed by atoms with Gasteiger partial charge in [0.15, 0.2) is 0 Å². The van der Waals surface area contributed by atoms with Crippen LogP contribution in [-0.2, 0) is 0 Å². The highest BCUT2D eigenvalue weighted by Gasteiger charge is 2.27. The summed E-state index contributed by atoms with van der Waals surface area (Å²) in [5, 5.41) is 20.8. The van der Waals surface area contributed by atoms with Crippen LogP contribution in [0.3, 0.4) is 0 Å². The molecular weight excluding hydrogens is 226 g/mol. The monoisotopic (exact) mass is 243 g/mol. The zero-order chi connectivity index (χ0) is 12.4. The van der Waals surface area contributed by atoms with Crippen molar-refractivity contribution in [1.29, 1.82) is 0 Å². The van der Waals surface area contributed by atoms with E-state index in [1.165, 1.54) is 0 Å². The van der Waals surface area contributed by atoms with Crippen LogP contribution in [0, 0.1) is 0 Å². The predicted molar refractivity (Wildman–Crippen MR) is 70.0 cm³/mol. The van der Waals surface area contributed by atoms with Crippen LogP contribution in [0.1, 0.15) is 24.5 Å². The number of hydrogen-bond acceptors (Lipinski definition) is 3. The quantitative estimate of drug-likeness (QED) is 0.771. The maximum Gasteiger partial charge on any atom is 0.0979 e. The molecule has 0 radical (unpaired) electrons. The number of aliphatic hydroxyl groups is 1. The van der Waals surface area contributed by atoms with Gasteiger partial charge in [0.1, 0.15) is 0 Å². The summed E-state index contributed by atoms with van der Waals surface area (Å²) in [6.45, 7) is 0.986. The van der Waals surface area contributed by atoms with Gasteiger partial charge in [-0.15, -0.1) is 0 Å². The molecule has 1 aromatic carbocycles. The van der Waals surface area contributed by atoms with Gasteiger partial charge < -0.3 is 10.4 Å². The van der Waals surface area contributed by atoms with Crippen LogP contribution in [0.25, 0.3) is 11.3 Å². The number of nitrogens with one attached hydrogen (secondary N) is 2. The Morgan fingerprint density at radius 2 is 2.11 bits per heavy atom. The first-order valence-electron chi connectivity index (χ1n) is 6.36. The van der Waals surface area contributed by atoms with Gasteiger partial charge >= 0.3 is 0 Å². The summed E-state index contributed by atoms with van der Waals surface area (Å²) in [6, 6.07) is 10.1. The van der Waals surface area contributed by atoms with E-state index < -0.39 is 6.10 Å². The number of rotatable bonds is 3. The van der Waals surface area contributed by atoms with E-state index >= 15 is 0 Å². The lowest BCUT2D eigenvalue weighted by Crippen LogP contribution is -2.28. The molecule has 1 aromatic heterocycles. The molecular formula is C14H17N3O. The average Bonchev–Trinajstić information content (AvgIpc) is 3.10. The largest absolute Gasteiger partial charge is 0.387 e. The van der Waals surface area contributed by atoms with Crippen molar-refractivity contribution in [2.45, 2.75) is 25.0 Å². The molecule has 94 valence electrons. The van der Waals surface area contributed by atoms with Crippen molar-refractivity contribution in [2.75, 3.05) is 6.54 Å². The third-order valence-electron chi connectivity index (χ3n) is 3.53. The van der Waals surface area contributed by atoms with Crippen LogP contribution >= 0.6 is 0 Å². The average molecular weight is 243 g/mol. The lowest BCUT2D eigenvalue weighted by molar-refractivity contribution is 0.138. The van der Waals surface area contributed by atoms with E-state index in [1.807, 2.05) is 30.3 Å². The van der Waals surface area contributed by atoms with Gasteiger partial charge in [-0.05, 0) is 24.9 Å². The van der Waals surface area contributed by atoms with Crippen LogP contribution in [-0.4, -0.2) is 27.9 Å². The van der Waals surface area contributed by atoms with Gasteiger partial charge in [-0.1, -0.05) is 30.3 Å². The van der Waals surface area contributed by atoms with E-state index in [4.69, 9.17) is 0 Å². The second-order valence-corrected chi connectivity index (χ2v) is 4.71. The van der Waals surface area contributed by atoms with Gasteiger partial charge in [0.05, 0.1) is 18.0 Å². The smallest absolute Gasteiger partial charge is 0.0979 e. The van der Waals surface area contributed by atoms with Crippen molar-refractivity contribution in [3.05, 3.63) is 42.1 Å². The van der Waals surface area contributed by atoms with Crippen molar-refractivity contribution in [3.8, 4) is 11.3 Å². The fourth-order valence-corrected chi connectivity index (χ4v) is 2.55. The van der Waals surface area contributed by atoms with Gasteiger partial charge in [-0.3, -0.25) is 5.10 Å². The standard InChI is InChI=1S/C14H17N3O/c18-14(12-7-4-8-15-12)11-9-16-17-13(11)10-5-2-1-3-6-10/h1-3,5-6,9,12,14-15,18H,4,7-8H2,(H,16,17). The normalized spacial score (nSPS) is 21.1. The Hall–Kier alpha value is -1.65. The Morgan fingerprint density at radius 3 is 2.83 bits per heavy atom. The molecule has 1 aliphatic rings. The van der Waals surface area contributed by atoms with E-state index in [2.05, 4.69) is 15.5 Å². The number of hydrogen-bond donors (Lipinski definition) is 3. The lowest BCUT2D eigenvalue weighted by atomic mass is 9.98. The van der Waals surface area contributed by atoms with Crippen LogP contribution in [0.5, 0.6) is 0 Å². The number of nitrogens with zero attached hydrogens (tertiary/aromatic N) is 1. The first kappa shape index (κ1) is 11.4. The minimum absolute atomic E-state index is 0.144. The molecule has 0 spiro atoms. The van der Waals surface area contributed by atoms with Crippen LogP contribution in [0.2, 0.25) is 0 Å². The van der Waals surface area contributed by atoms with E-state index in [1.54, 1.807) is 6.20 Å². The fraction of sp³-hybridized carbons (Fsp3) is 0.357. The van der Waals surface area contributed by atoms with Crippen LogP contribution < -0.4 is 5.32 Å². The topological polar surface area (TPSA) is 60.9 Å². The molecule has 2 unspecified atom stereocenters. The van der Waals surface area contributed by atoms with E-state index in [0.29, 0.717) is 0 Å². The highest BCUT2D eigenvalue weighted by atomic mass is 16.3. The summed E-state index contributed by atoms with van der Waals surface area (Å²) in [5.74, 6) is 0. The van der Waals surface area contributed by atoms with Crippen molar-refractivity contribution in [3.63, 3.8) is 0 Å². The Balaban J connectivity index is 1.91. The zero-order valence-corrected chi connectivity index (χ0v) is 10.1. The fourth-order valence-electron chi connectivity index (χ4n) is 2.55. The van der Waals surface area contributed by atoms with Crippen molar-refractivity contribution < 1.29 is 5.11 Å². The Labute approximate surface area is 106 Å². The summed E-state index contributed by atoms with van der Waals surface area (Å²) >= 11 is 0. The molecule has 2 atom stereocenters. The molecule has 4 heteroatoms. The number of aromatic nitrogens is 2. The first-order chi connectivity index (χ1) is 8.86.